The Kier molecular flexibility index (Phi) is 14.1. The van der Waals surface area contributed by atoms with Crippen molar-refractivity contribution in [2.45, 2.75) is 56.2 Å². The lowest BCUT2D eigenvalue weighted by Crippen LogP contribution is -2.17. The second kappa shape index (κ2) is 19.9. The van der Waals surface area contributed by atoms with Gasteiger partial charge in [0.2, 0.25) is 0 Å². The van der Waals surface area contributed by atoms with Crippen LogP contribution in [0.4, 0.5) is 28.4 Å². The van der Waals surface area contributed by atoms with E-state index < -0.39 is 74.2 Å². The van der Waals surface area contributed by atoms with E-state index in [1.165, 1.54) is 66.7 Å². The number of hydrogen-bond donors (Lipinski definition) is 8. The minimum atomic E-state index is -5.28. The number of anilines is 4. The highest BCUT2D eigenvalue weighted by molar-refractivity contribution is 7.86. The van der Waals surface area contributed by atoms with Crippen molar-refractivity contribution in [3.05, 3.63) is 170 Å². The summed E-state index contributed by atoms with van der Waals surface area (Å²) in [6, 6.07) is 23.0. The second-order valence-corrected chi connectivity index (χ2v) is 21.9. The number of benzene rings is 7. The molecule has 0 spiro atoms. The number of fused-ring (bicyclic) bond motifs is 2. The monoisotopic (exact) mass is 1090 g/mol. The number of aromatic carboxylic acids is 2. The van der Waals surface area contributed by atoms with E-state index in [1.807, 2.05) is 0 Å². The molecule has 76 heavy (non-hydrogen) atoms. The molecule has 390 valence electrons. The molecule has 6 aromatic carbocycles. The van der Waals surface area contributed by atoms with Crippen LogP contribution < -0.4 is 21.3 Å². The Bertz CT molecular complexity index is 4250. The van der Waals surface area contributed by atoms with Crippen LogP contribution in [0.3, 0.4) is 0 Å². The number of carbonyl (C=O) groups excluding carboxylic acids is 2. The molecular formula is C53H44N4O16S3. The highest BCUT2D eigenvalue weighted by Gasteiger charge is 2.30. The Morgan fingerprint density at radius 2 is 1.00 bits per heavy atom. The van der Waals surface area contributed by atoms with Crippen LogP contribution >= 0.6 is 0 Å². The molecule has 1 aliphatic carbocycles. The molecule has 0 aromatic heterocycles. The summed E-state index contributed by atoms with van der Waals surface area (Å²) in [5.74, 6) is -4.09. The van der Waals surface area contributed by atoms with Gasteiger partial charge < -0.3 is 30.6 Å². The lowest BCUT2D eigenvalue weighted by Gasteiger charge is -2.22. The van der Waals surface area contributed by atoms with Gasteiger partial charge in [-0.1, -0.05) is 42.5 Å². The maximum absolute atomic E-state index is 13.5. The first-order valence-corrected chi connectivity index (χ1v) is 26.8. The average Bonchev–Trinajstić information content (AvgIpc) is 3.35. The summed E-state index contributed by atoms with van der Waals surface area (Å²) in [5, 5.41) is 26.9. The largest absolute Gasteiger partial charge is 0.478 e. The van der Waals surface area contributed by atoms with Gasteiger partial charge in [0.1, 0.15) is 26.0 Å². The maximum Gasteiger partial charge on any atom is 0.335 e. The standard InChI is InChI=1S/C53H44N4O16S3/c1-25-17-27(3)48(56-50(58)31-11-9-13-33(19-31)52(60)61)29(5)46(25)54-38-23-40-36(21-43(38)75(67,68)69)45(35-15-7-8-16-42(35)74(64,65)66)37-22-44(76(70,71)72)39(24-41(37)73-40)55-47-26(2)18-28(4)49(30(47)6)57-51(59)32-12-10-14-34(20-32)53(62)63/h7-24,54H,1-6H3,(H,56,58)(H,57,59)(H,60,61)(H,62,63)(H,64,65,66)(H,67,68,69)(H,70,71,72)/b55-39-. The van der Waals surface area contributed by atoms with Gasteiger partial charge in [-0.25, -0.2) is 14.6 Å². The Morgan fingerprint density at radius 1 is 0.500 bits per heavy atom. The van der Waals surface area contributed by atoms with Crippen molar-refractivity contribution in [1.29, 1.82) is 0 Å². The quantitative estimate of drug-likeness (QED) is 0.0393. The molecule has 0 saturated heterocycles. The van der Waals surface area contributed by atoms with Gasteiger partial charge in [0.25, 0.3) is 42.2 Å². The predicted octanol–water partition coefficient (Wildman–Crippen LogP) is 9.67. The first kappa shape index (κ1) is 53.7. The third-order valence-electron chi connectivity index (χ3n) is 12.5. The van der Waals surface area contributed by atoms with Crippen molar-refractivity contribution < 1.29 is 72.7 Å². The number of amides is 2. The van der Waals surface area contributed by atoms with Crippen LogP contribution in [0.25, 0.3) is 33.4 Å². The topological polar surface area (TPSA) is 333 Å². The smallest absolute Gasteiger partial charge is 0.335 e. The average molecular weight is 1090 g/mol. The Morgan fingerprint density at radius 3 is 1.54 bits per heavy atom. The van der Waals surface area contributed by atoms with Gasteiger partial charge in [-0.15, -0.1) is 0 Å². The van der Waals surface area contributed by atoms with E-state index in [0.717, 1.165) is 30.3 Å². The molecule has 0 fully saturated rings. The Balaban J connectivity index is 1.38. The van der Waals surface area contributed by atoms with E-state index in [2.05, 4.69) is 20.9 Å². The molecule has 0 bridgehead atoms. The van der Waals surface area contributed by atoms with Crippen LogP contribution in [0, 0.1) is 41.5 Å². The first-order chi connectivity index (χ1) is 35.5. The van der Waals surface area contributed by atoms with E-state index >= 15 is 0 Å². The summed E-state index contributed by atoms with van der Waals surface area (Å²) in [7, 11) is -15.6. The normalized spacial score (nSPS) is 12.2. The molecule has 23 heteroatoms. The lowest BCUT2D eigenvalue weighted by atomic mass is 9.93. The molecular weight excluding hydrogens is 1040 g/mol. The van der Waals surface area contributed by atoms with Crippen molar-refractivity contribution in [3.8, 4) is 22.5 Å². The van der Waals surface area contributed by atoms with Gasteiger partial charge in [-0.3, -0.25) is 23.2 Å². The molecule has 8 N–H and O–H groups in total. The zero-order chi connectivity index (χ0) is 55.5. The zero-order valence-corrected chi connectivity index (χ0v) is 43.2. The summed E-state index contributed by atoms with van der Waals surface area (Å²) in [4.78, 5) is 52.6. The van der Waals surface area contributed by atoms with Crippen molar-refractivity contribution in [1.82, 2.24) is 0 Å². The van der Waals surface area contributed by atoms with Crippen LogP contribution in [0.15, 0.2) is 133 Å². The number of nitrogens with one attached hydrogen (secondary N) is 3. The molecule has 8 rings (SSSR count). The number of aryl methyl sites for hydroxylation is 4. The van der Waals surface area contributed by atoms with Crippen molar-refractivity contribution >= 4 is 93.5 Å². The van der Waals surface area contributed by atoms with Gasteiger partial charge >= 0.3 is 11.9 Å². The first-order valence-electron chi connectivity index (χ1n) is 22.5. The molecule has 0 atom stereocenters. The molecule has 0 radical (unpaired) electrons. The van der Waals surface area contributed by atoms with E-state index in [-0.39, 0.29) is 84.1 Å². The lowest BCUT2D eigenvalue weighted by molar-refractivity contribution is 0.0686. The number of carboxylic acid groups (broad SMARTS) is 2. The number of nitrogens with zero attached hydrogens (tertiary/aromatic N) is 1. The van der Waals surface area contributed by atoms with Crippen molar-refractivity contribution in [3.63, 3.8) is 0 Å². The molecule has 20 nitrogen and oxygen atoms in total. The highest BCUT2D eigenvalue weighted by Crippen LogP contribution is 2.46. The fourth-order valence-corrected chi connectivity index (χ4v) is 11.0. The van der Waals surface area contributed by atoms with Gasteiger partial charge in [0.05, 0.1) is 27.9 Å². The minimum absolute atomic E-state index is 0.0171. The van der Waals surface area contributed by atoms with E-state index in [4.69, 9.17) is 4.42 Å². The molecule has 1 aliphatic heterocycles. The molecule has 0 saturated carbocycles. The van der Waals surface area contributed by atoms with Gasteiger partial charge in [0.15, 0.2) is 0 Å². The van der Waals surface area contributed by atoms with E-state index in [9.17, 15) is 68.3 Å². The Labute approximate surface area is 434 Å². The molecule has 2 aliphatic rings. The van der Waals surface area contributed by atoms with E-state index in [0.29, 0.717) is 33.4 Å². The number of carboxylic acids is 2. The molecule has 0 unspecified atom stereocenters. The van der Waals surface area contributed by atoms with Crippen molar-refractivity contribution in [2.75, 3.05) is 16.0 Å². The van der Waals surface area contributed by atoms with Crippen LogP contribution in [-0.2, 0) is 30.4 Å². The van der Waals surface area contributed by atoms with Crippen LogP contribution in [-0.4, -0.2) is 72.9 Å². The summed E-state index contributed by atoms with van der Waals surface area (Å²) in [6.07, 6.45) is 0. The van der Waals surface area contributed by atoms with Crippen LogP contribution in [0.5, 0.6) is 0 Å². The summed E-state index contributed by atoms with van der Waals surface area (Å²) >= 11 is 0. The van der Waals surface area contributed by atoms with Crippen LogP contribution in [0.2, 0.25) is 0 Å². The fourth-order valence-electron chi connectivity index (χ4n) is 9.05. The number of rotatable bonds is 13. The number of hydrogen-bond acceptors (Lipinski definition) is 13. The SMILES string of the molecule is Cc1cc(C)c(NC(=O)c2cccc(C(=O)O)c2)c(C)c1/N=c1/cc2oc3cc(Nc4c(C)cc(C)c(NC(=O)c5cccc(C(=O)O)c5)c4C)c(S(=O)(=O)O)cc3c(-c3ccccc3S(=O)(=O)O)c-2cc1S(=O)(=O)O. The Hall–Kier alpha value is -8.58. The number of carbonyl (C=O) groups is 4. The summed E-state index contributed by atoms with van der Waals surface area (Å²) in [6.45, 7) is 9.88. The summed E-state index contributed by atoms with van der Waals surface area (Å²) < 4.78 is 118. The second-order valence-electron chi connectivity index (χ2n) is 17.7. The van der Waals surface area contributed by atoms with Crippen molar-refractivity contribution in [2.24, 2.45) is 4.99 Å². The van der Waals surface area contributed by atoms with E-state index in [1.54, 1.807) is 53.7 Å². The third kappa shape index (κ3) is 10.5. The summed E-state index contributed by atoms with van der Waals surface area (Å²) in [5.41, 5.74) is 2.01. The predicted molar refractivity (Wildman–Crippen MR) is 280 cm³/mol. The minimum Gasteiger partial charge on any atom is -0.478 e. The van der Waals surface area contributed by atoms with Gasteiger partial charge in [0, 0.05) is 62.4 Å². The van der Waals surface area contributed by atoms with Crippen LogP contribution in [0.1, 0.15) is 74.8 Å². The maximum atomic E-state index is 13.5. The fraction of sp³-hybridized carbons (Fsp3) is 0.113. The molecule has 1 heterocycles. The molecule has 2 amide bonds. The third-order valence-corrected chi connectivity index (χ3v) is 15.2. The molecule has 6 aromatic rings. The van der Waals surface area contributed by atoms with Gasteiger partial charge in [-0.2, -0.15) is 25.3 Å². The highest BCUT2D eigenvalue weighted by atomic mass is 32.2. The van der Waals surface area contributed by atoms with Gasteiger partial charge in [-0.05, 0) is 130 Å². The zero-order valence-electron chi connectivity index (χ0n) is 40.8.